The second-order valence-electron chi connectivity index (χ2n) is 3.19. The van der Waals surface area contributed by atoms with Gasteiger partial charge >= 0.3 is 5.51 Å². The van der Waals surface area contributed by atoms with Crippen molar-refractivity contribution in [3.8, 4) is 0 Å². The topological polar surface area (TPSA) is 0 Å². The van der Waals surface area contributed by atoms with Gasteiger partial charge in [0.05, 0.1) is 10.5 Å². The van der Waals surface area contributed by atoms with E-state index in [-0.39, 0.29) is 9.58 Å². The van der Waals surface area contributed by atoms with Gasteiger partial charge in [0.2, 0.25) is 0 Å². The third-order valence-electron chi connectivity index (χ3n) is 2.11. The van der Waals surface area contributed by atoms with Crippen molar-refractivity contribution < 1.29 is 17.6 Å². The Kier molecular flexibility index (Phi) is 2.22. The van der Waals surface area contributed by atoms with Crippen molar-refractivity contribution in [2.45, 2.75) is 12.4 Å². The van der Waals surface area contributed by atoms with Crippen LogP contribution in [0.5, 0.6) is 0 Å². The van der Waals surface area contributed by atoms with Crippen molar-refractivity contribution in [2.75, 3.05) is 0 Å². The van der Waals surface area contributed by atoms with Crippen LogP contribution in [0.1, 0.15) is 4.88 Å². The number of fused-ring (bicyclic) bond motifs is 1. The molecule has 0 aliphatic carbocycles. The fourth-order valence-corrected chi connectivity index (χ4v) is 3.36. The summed E-state index contributed by atoms with van der Waals surface area (Å²) in [5.74, 6) is -0.626. The maximum absolute atomic E-state index is 12.9. The van der Waals surface area contributed by atoms with Gasteiger partial charge in [0.15, 0.2) is 9.58 Å². The molecule has 0 N–H and O–H groups in total. The van der Waals surface area contributed by atoms with Crippen LogP contribution in [-0.4, -0.2) is 0 Å². The van der Waals surface area contributed by atoms with E-state index in [9.17, 15) is 17.6 Å². The lowest BCUT2D eigenvalue weighted by Gasteiger charge is -1.96. The average molecular weight is 235 g/mol. The Bertz CT molecular complexity index is 510. The van der Waals surface area contributed by atoms with Crippen LogP contribution in [-0.2, 0) is 5.51 Å². The molecule has 0 saturated heterocycles. The maximum atomic E-state index is 12.9. The highest BCUT2D eigenvalue weighted by atomic mass is 32.2. The van der Waals surface area contributed by atoms with E-state index in [4.69, 9.17) is 0 Å². The fraction of sp³-hybridized carbons (Fsp3) is 0.200. The molecule has 5 heteroatoms. The second-order valence-corrected chi connectivity index (χ2v) is 5.35. The molecule has 2 rings (SSSR count). The van der Waals surface area contributed by atoms with Gasteiger partial charge in [-0.05, 0) is 12.1 Å². The molecule has 0 amide bonds. The smallest absolute Gasteiger partial charge is 0.207 e. The normalized spacial score (nSPS) is 13.5. The Hall–Kier alpha value is -1.10. The summed E-state index contributed by atoms with van der Waals surface area (Å²) >= 11 is 0. The first-order chi connectivity index (χ1) is 6.89. The van der Waals surface area contributed by atoms with Gasteiger partial charge < -0.3 is 0 Å². The third kappa shape index (κ3) is 1.71. The fourth-order valence-electron chi connectivity index (χ4n) is 1.56. The highest BCUT2D eigenvalue weighted by Gasteiger charge is 2.46. The van der Waals surface area contributed by atoms with Gasteiger partial charge in [-0.2, -0.15) is 0 Å². The minimum atomic E-state index is -4.32. The first kappa shape index (κ1) is 10.4. The zero-order valence-corrected chi connectivity index (χ0v) is 8.55. The molecule has 0 spiro atoms. The van der Waals surface area contributed by atoms with Crippen LogP contribution in [0, 0.1) is 12.7 Å². The first-order valence-electron chi connectivity index (χ1n) is 4.18. The number of hydrogen-bond acceptors (Lipinski definition) is 0. The number of hydrogen-bond donors (Lipinski definition) is 0. The van der Waals surface area contributed by atoms with E-state index in [0.29, 0.717) is 5.39 Å². The van der Waals surface area contributed by atoms with E-state index in [0.717, 1.165) is 6.07 Å². The van der Waals surface area contributed by atoms with Crippen LogP contribution in [0.2, 0.25) is 0 Å². The minimum absolute atomic E-state index is 0.0417. The lowest BCUT2D eigenvalue weighted by molar-refractivity contribution is -0.0867. The Morgan fingerprint density at radius 2 is 1.80 bits per heavy atom. The van der Waals surface area contributed by atoms with Crippen LogP contribution in [0.25, 0.3) is 10.1 Å². The van der Waals surface area contributed by atoms with Crippen molar-refractivity contribution in [2.24, 2.45) is 0 Å². The molecule has 0 saturated carbocycles. The number of rotatable bonds is 0. The van der Waals surface area contributed by atoms with Gasteiger partial charge in [0.1, 0.15) is 5.82 Å². The van der Waals surface area contributed by atoms with E-state index in [1.165, 1.54) is 25.1 Å². The Morgan fingerprint density at radius 1 is 1.13 bits per heavy atom. The zero-order valence-electron chi connectivity index (χ0n) is 7.73. The highest BCUT2D eigenvalue weighted by Crippen LogP contribution is 2.50. The summed E-state index contributed by atoms with van der Waals surface area (Å²) in [6, 6.07) is 4.99. The quantitative estimate of drug-likeness (QED) is 0.465. The van der Waals surface area contributed by atoms with Crippen molar-refractivity contribution in [3.05, 3.63) is 35.0 Å². The van der Waals surface area contributed by atoms with Gasteiger partial charge in [-0.1, -0.05) is 0 Å². The predicted molar refractivity (Wildman–Crippen MR) is 52.4 cm³/mol. The number of alkyl halides is 3. The number of aryl methyl sites for hydroxylation is 1. The first-order valence-corrected chi connectivity index (χ1v) is 5.41. The summed E-state index contributed by atoms with van der Waals surface area (Å²) in [4.78, 5) is 0.239. The summed E-state index contributed by atoms with van der Waals surface area (Å²) in [6.07, 6.45) is 0. The molecule has 0 fully saturated rings. The minimum Gasteiger partial charge on any atom is -0.207 e. The number of benzene rings is 1. The van der Waals surface area contributed by atoms with E-state index in [2.05, 4.69) is 0 Å². The van der Waals surface area contributed by atoms with Gasteiger partial charge in [-0.25, -0.2) is 4.39 Å². The molecular formula is C10H7F4S+. The largest absolute Gasteiger partial charge is 0.600 e. The standard InChI is InChI=1S/C10H7F4S/c1-6-4-7-2-3-8(11)5-9(7)15(6)10(12,13)14/h2-5H,1H3/q+1. The number of halogens is 4. The molecule has 1 unspecified atom stereocenters. The monoisotopic (exact) mass is 235 g/mol. The Balaban J connectivity index is 2.82. The van der Waals surface area contributed by atoms with Crippen LogP contribution >= 0.6 is 10.5 Å². The molecule has 0 radical (unpaired) electrons. The van der Waals surface area contributed by atoms with Gasteiger partial charge in [0, 0.05) is 24.4 Å². The molecule has 0 aliphatic rings. The molecule has 1 aromatic heterocycles. The van der Waals surface area contributed by atoms with Crippen molar-refractivity contribution in [3.63, 3.8) is 0 Å². The average Bonchev–Trinajstić information content (AvgIpc) is 2.38. The molecule has 2 aromatic rings. The lowest BCUT2D eigenvalue weighted by Crippen LogP contribution is -1.96. The summed E-state index contributed by atoms with van der Waals surface area (Å²) in [7, 11) is -1.95. The number of thiophene rings is 1. The SMILES string of the molecule is Cc1cc2ccc(F)cc2[s+]1C(F)(F)F. The maximum Gasteiger partial charge on any atom is 0.600 e. The Morgan fingerprint density at radius 3 is 2.40 bits per heavy atom. The van der Waals surface area contributed by atoms with Crippen LogP contribution in [0.15, 0.2) is 24.3 Å². The Labute approximate surface area is 86.1 Å². The van der Waals surface area contributed by atoms with Gasteiger partial charge in [-0.3, -0.25) is 0 Å². The van der Waals surface area contributed by atoms with Crippen LogP contribution in [0.3, 0.4) is 0 Å². The summed E-state index contributed by atoms with van der Waals surface area (Å²) < 4.78 is 50.9. The van der Waals surface area contributed by atoms with Crippen LogP contribution in [0.4, 0.5) is 17.6 Å². The van der Waals surface area contributed by atoms with Crippen molar-refractivity contribution in [1.29, 1.82) is 0 Å². The molecule has 1 atom stereocenters. The molecule has 80 valence electrons. The van der Waals surface area contributed by atoms with E-state index in [1.54, 1.807) is 0 Å². The molecule has 1 heterocycles. The van der Waals surface area contributed by atoms with Gasteiger partial charge in [-0.15, -0.1) is 13.2 Å². The molecular weight excluding hydrogens is 228 g/mol. The van der Waals surface area contributed by atoms with E-state index in [1.807, 2.05) is 0 Å². The van der Waals surface area contributed by atoms with Gasteiger partial charge in [0.25, 0.3) is 0 Å². The predicted octanol–water partition coefficient (Wildman–Crippen LogP) is 4.51. The summed E-state index contributed by atoms with van der Waals surface area (Å²) in [5, 5.41) is 0.467. The second kappa shape index (κ2) is 3.20. The van der Waals surface area contributed by atoms with Crippen molar-refractivity contribution >= 4 is 20.6 Å². The molecule has 15 heavy (non-hydrogen) atoms. The van der Waals surface area contributed by atoms with Crippen LogP contribution < -0.4 is 0 Å². The highest BCUT2D eigenvalue weighted by molar-refractivity contribution is 7.38. The van der Waals surface area contributed by atoms with Crippen molar-refractivity contribution in [1.82, 2.24) is 0 Å². The zero-order chi connectivity index (χ0) is 11.2. The summed E-state index contributed by atoms with van der Waals surface area (Å²) in [5.41, 5.74) is -4.32. The van der Waals surface area contributed by atoms with E-state index < -0.39 is 21.8 Å². The van der Waals surface area contributed by atoms with E-state index >= 15 is 0 Å². The molecule has 0 bridgehead atoms. The molecule has 0 nitrogen and oxygen atoms in total. The lowest BCUT2D eigenvalue weighted by atomic mass is 10.2. The molecule has 1 aromatic carbocycles. The summed E-state index contributed by atoms with van der Waals surface area (Å²) in [6.45, 7) is 1.43. The molecule has 0 aliphatic heterocycles. The third-order valence-corrected chi connectivity index (χ3v) is 4.13.